The Balaban J connectivity index is 1.51. The molecule has 0 spiro atoms. The van der Waals surface area contributed by atoms with E-state index in [-0.39, 0.29) is 11.7 Å². The molecule has 0 aliphatic carbocycles. The van der Waals surface area contributed by atoms with E-state index in [4.69, 9.17) is 11.6 Å². The Kier molecular flexibility index (Phi) is 5.30. The molecule has 0 unspecified atom stereocenters. The van der Waals surface area contributed by atoms with E-state index in [0.717, 1.165) is 64.1 Å². The van der Waals surface area contributed by atoms with Crippen molar-refractivity contribution in [2.24, 2.45) is 5.92 Å². The first kappa shape index (κ1) is 16.4. The predicted molar refractivity (Wildman–Crippen MR) is 89.3 cm³/mol. The number of benzene rings is 1. The molecule has 2 fully saturated rings. The molecule has 2 aliphatic heterocycles. The van der Waals surface area contributed by atoms with E-state index in [1.807, 2.05) is 17.0 Å². The van der Waals surface area contributed by atoms with Gasteiger partial charge >= 0.3 is 0 Å². The van der Waals surface area contributed by atoms with Gasteiger partial charge in [-0.1, -0.05) is 11.6 Å². The molecule has 1 amide bonds. The molecular weight excluding hydrogens is 314 g/mol. The number of halogens is 1. The number of hydrazine groups is 1. The molecule has 2 heterocycles. The third-order valence-electron chi connectivity index (χ3n) is 4.81. The van der Waals surface area contributed by atoms with Gasteiger partial charge in [0.25, 0.3) is 0 Å². The van der Waals surface area contributed by atoms with Crippen molar-refractivity contribution >= 4 is 23.8 Å². The lowest BCUT2D eigenvalue weighted by atomic mass is 9.89. The standard InChI is InChI=1S/C17H22ClN3O2/c18-16-3-1-14(2-4-16)17(23)15-5-7-20(8-6-15)21-11-9-19(13-22)10-12-21/h1-4,13,15H,5-12H2. The van der Waals surface area contributed by atoms with Crippen LogP contribution >= 0.6 is 11.6 Å². The minimum absolute atomic E-state index is 0.101. The van der Waals surface area contributed by atoms with Gasteiger partial charge in [-0.3, -0.25) is 9.59 Å². The Bertz CT molecular complexity index is 547. The summed E-state index contributed by atoms with van der Waals surface area (Å²) in [6.45, 7) is 5.15. The van der Waals surface area contributed by atoms with Crippen LogP contribution in [-0.2, 0) is 4.79 Å². The van der Waals surface area contributed by atoms with Crippen LogP contribution in [0.3, 0.4) is 0 Å². The van der Waals surface area contributed by atoms with Crippen molar-refractivity contribution in [1.82, 2.24) is 14.9 Å². The molecule has 1 aromatic carbocycles. The Hall–Kier alpha value is -1.43. The smallest absolute Gasteiger partial charge is 0.209 e. The van der Waals surface area contributed by atoms with E-state index in [9.17, 15) is 9.59 Å². The van der Waals surface area contributed by atoms with E-state index in [2.05, 4.69) is 10.0 Å². The van der Waals surface area contributed by atoms with Gasteiger partial charge in [0.2, 0.25) is 6.41 Å². The summed E-state index contributed by atoms with van der Waals surface area (Å²) in [5.74, 6) is 0.329. The average Bonchev–Trinajstić information content (AvgIpc) is 2.62. The van der Waals surface area contributed by atoms with Crippen LogP contribution in [0.5, 0.6) is 0 Å². The van der Waals surface area contributed by atoms with Gasteiger partial charge in [0.15, 0.2) is 5.78 Å². The number of hydrogen-bond donors (Lipinski definition) is 0. The number of amides is 1. The second-order valence-electron chi connectivity index (χ2n) is 6.19. The average molecular weight is 336 g/mol. The highest BCUT2D eigenvalue weighted by atomic mass is 35.5. The van der Waals surface area contributed by atoms with Crippen molar-refractivity contribution in [3.05, 3.63) is 34.9 Å². The van der Waals surface area contributed by atoms with Crippen LogP contribution in [0, 0.1) is 5.92 Å². The fourth-order valence-electron chi connectivity index (χ4n) is 3.36. The summed E-state index contributed by atoms with van der Waals surface area (Å²) in [6.07, 6.45) is 2.69. The third kappa shape index (κ3) is 3.91. The maximum Gasteiger partial charge on any atom is 0.209 e. The fourth-order valence-corrected chi connectivity index (χ4v) is 3.49. The second kappa shape index (κ2) is 7.43. The van der Waals surface area contributed by atoms with Crippen molar-refractivity contribution < 1.29 is 9.59 Å². The molecule has 0 bridgehead atoms. The lowest BCUT2D eigenvalue weighted by Gasteiger charge is -2.43. The normalized spacial score (nSPS) is 21.3. The zero-order valence-corrected chi connectivity index (χ0v) is 13.9. The Morgan fingerprint density at radius 2 is 1.52 bits per heavy atom. The maximum absolute atomic E-state index is 12.6. The number of nitrogens with zero attached hydrogens (tertiary/aromatic N) is 3. The molecule has 0 saturated carbocycles. The van der Waals surface area contributed by atoms with E-state index in [0.29, 0.717) is 5.02 Å². The number of piperidine rings is 1. The number of carbonyl (C=O) groups excluding carboxylic acids is 2. The van der Waals surface area contributed by atoms with Gasteiger partial charge in [-0.15, -0.1) is 0 Å². The lowest BCUT2D eigenvalue weighted by Crippen LogP contribution is -2.55. The van der Waals surface area contributed by atoms with Crippen LogP contribution in [0.15, 0.2) is 24.3 Å². The van der Waals surface area contributed by atoms with E-state index in [1.165, 1.54) is 0 Å². The van der Waals surface area contributed by atoms with Crippen LogP contribution in [0.25, 0.3) is 0 Å². The SMILES string of the molecule is O=CN1CCN(N2CCC(C(=O)c3ccc(Cl)cc3)CC2)CC1. The first-order valence-corrected chi connectivity index (χ1v) is 8.54. The summed E-state index contributed by atoms with van der Waals surface area (Å²) < 4.78 is 0. The van der Waals surface area contributed by atoms with Crippen LogP contribution in [0.2, 0.25) is 5.02 Å². The predicted octanol–water partition coefficient (Wildman–Crippen LogP) is 1.92. The first-order chi connectivity index (χ1) is 11.2. The van der Waals surface area contributed by atoms with Gasteiger partial charge in [-0.2, -0.15) is 0 Å². The van der Waals surface area contributed by atoms with Gasteiger partial charge in [-0.25, -0.2) is 10.0 Å². The molecule has 1 aromatic rings. The molecule has 0 N–H and O–H groups in total. The molecule has 3 rings (SSSR count). The largest absolute Gasteiger partial charge is 0.343 e. The molecule has 2 aliphatic rings. The number of Topliss-reactive ketones (excluding diaryl/α,β-unsaturated/α-hetero) is 1. The topological polar surface area (TPSA) is 43.9 Å². The maximum atomic E-state index is 12.6. The molecule has 124 valence electrons. The number of piperazine rings is 1. The Labute approximate surface area is 141 Å². The molecular formula is C17H22ClN3O2. The van der Waals surface area contributed by atoms with Crippen molar-refractivity contribution in [3.8, 4) is 0 Å². The molecule has 5 nitrogen and oxygen atoms in total. The molecule has 0 atom stereocenters. The minimum atomic E-state index is 0.101. The van der Waals surface area contributed by atoms with Crippen LogP contribution in [0.1, 0.15) is 23.2 Å². The minimum Gasteiger partial charge on any atom is -0.343 e. The molecule has 6 heteroatoms. The monoisotopic (exact) mass is 335 g/mol. The summed E-state index contributed by atoms with van der Waals surface area (Å²) in [5, 5.41) is 5.32. The lowest BCUT2D eigenvalue weighted by molar-refractivity contribution is -0.125. The fraction of sp³-hybridized carbons (Fsp3) is 0.529. The van der Waals surface area contributed by atoms with E-state index >= 15 is 0 Å². The summed E-state index contributed by atoms with van der Waals surface area (Å²) in [7, 11) is 0. The zero-order valence-electron chi connectivity index (χ0n) is 13.2. The Morgan fingerprint density at radius 1 is 0.957 bits per heavy atom. The molecule has 0 aromatic heterocycles. The molecule has 23 heavy (non-hydrogen) atoms. The van der Waals surface area contributed by atoms with Gasteiger partial charge in [0, 0.05) is 55.8 Å². The van der Waals surface area contributed by atoms with Gasteiger partial charge in [0.05, 0.1) is 0 Å². The quantitative estimate of drug-likeness (QED) is 0.623. The zero-order chi connectivity index (χ0) is 16.2. The summed E-state index contributed by atoms with van der Waals surface area (Å²) >= 11 is 5.88. The highest BCUT2D eigenvalue weighted by Gasteiger charge is 2.29. The Morgan fingerprint density at radius 3 is 2.09 bits per heavy atom. The summed E-state index contributed by atoms with van der Waals surface area (Å²) in [5.41, 5.74) is 0.757. The molecule has 2 saturated heterocycles. The highest BCUT2D eigenvalue weighted by Crippen LogP contribution is 2.24. The van der Waals surface area contributed by atoms with Crippen LogP contribution < -0.4 is 0 Å². The summed E-state index contributed by atoms with van der Waals surface area (Å²) in [6, 6.07) is 7.18. The van der Waals surface area contributed by atoms with E-state index in [1.54, 1.807) is 12.1 Å². The van der Waals surface area contributed by atoms with Crippen molar-refractivity contribution in [2.75, 3.05) is 39.3 Å². The van der Waals surface area contributed by atoms with Gasteiger partial charge < -0.3 is 4.90 Å². The number of rotatable bonds is 4. The first-order valence-electron chi connectivity index (χ1n) is 8.16. The highest BCUT2D eigenvalue weighted by molar-refractivity contribution is 6.30. The number of ketones is 1. The van der Waals surface area contributed by atoms with Gasteiger partial charge in [0.1, 0.15) is 0 Å². The van der Waals surface area contributed by atoms with Crippen LogP contribution in [0.4, 0.5) is 0 Å². The number of carbonyl (C=O) groups is 2. The van der Waals surface area contributed by atoms with Crippen molar-refractivity contribution in [3.63, 3.8) is 0 Å². The second-order valence-corrected chi connectivity index (χ2v) is 6.63. The van der Waals surface area contributed by atoms with E-state index < -0.39 is 0 Å². The van der Waals surface area contributed by atoms with Crippen LogP contribution in [-0.4, -0.2) is 66.4 Å². The van der Waals surface area contributed by atoms with Crippen molar-refractivity contribution in [2.45, 2.75) is 12.8 Å². The molecule has 0 radical (unpaired) electrons. The number of hydrogen-bond acceptors (Lipinski definition) is 4. The van der Waals surface area contributed by atoms with Gasteiger partial charge in [-0.05, 0) is 37.1 Å². The van der Waals surface area contributed by atoms with Crippen molar-refractivity contribution in [1.29, 1.82) is 0 Å². The summed E-state index contributed by atoms with van der Waals surface area (Å²) in [4.78, 5) is 25.1. The third-order valence-corrected chi connectivity index (χ3v) is 5.06.